The van der Waals surface area contributed by atoms with E-state index in [0.717, 1.165) is 30.4 Å². The fraction of sp³-hybridized carbons (Fsp3) is 0.500. The van der Waals surface area contributed by atoms with Gasteiger partial charge in [-0.15, -0.1) is 0 Å². The van der Waals surface area contributed by atoms with Crippen LogP contribution in [0.25, 0.3) is 11.3 Å². The molecule has 2 aliphatic rings. The number of carbonyl (C=O) groups is 1. The molecule has 0 bridgehead atoms. The molecule has 1 fully saturated rings. The van der Waals surface area contributed by atoms with Gasteiger partial charge in [0.25, 0.3) is 0 Å². The van der Waals surface area contributed by atoms with Gasteiger partial charge in [-0.2, -0.15) is 0 Å². The Labute approximate surface area is 181 Å². The summed E-state index contributed by atoms with van der Waals surface area (Å²) in [6, 6.07) is 5.35. The lowest BCUT2D eigenvalue weighted by Gasteiger charge is -2.49. The Balaban J connectivity index is 1.96. The second-order valence-corrected chi connectivity index (χ2v) is 9.10. The average molecular weight is 427 g/mol. The Morgan fingerprint density at radius 2 is 2.03 bits per heavy atom. The van der Waals surface area contributed by atoms with Crippen molar-refractivity contribution in [2.45, 2.75) is 51.5 Å². The van der Waals surface area contributed by atoms with E-state index >= 15 is 0 Å². The molecule has 1 aromatic heterocycles. The van der Waals surface area contributed by atoms with Crippen LogP contribution >= 0.6 is 0 Å². The summed E-state index contributed by atoms with van der Waals surface area (Å²) in [7, 11) is 1.57. The largest absolute Gasteiger partial charge is 0.493 e. The lowest BCUT2D eigenvalue weighted by Crippen LogP contribution is -2.40. The maximum atomic E-state index is 12.6. The molecule has 2 aromatic rings. The highest BCUT2D eigenvalue weighted by atomic mass is 16.5. The van der Waals surface area contributed by atoms with Gasteiger partial charge in [0.05, 0.1) is 19.4 Å². The predicted molar refractivity (Wildman–Crippen MR) is 116 cm³/mol. The van der Waals surface area contributed by atoms with Crippen molar-refractivity contribution in [3.8, 4) is 22.8 Å². The minimum atomic E-state index is -1.21. The topological polar surface area (TPSA) is 98.0 Å². The quantitative estimate of drug-likeness (QED) is 0.680. The molecule has 166 valence electrons. The van der Waals surface area contributed by atoms with E-state index in [-0.39, 0.29) is 29.5 Å². The van der Waals surface area contributed by atoms with Crippen molar-refractivity contribution in [2.75, 3.05) is 20.3 Å². The average Bonchev–Trinajstić information content (AvgIpc) is 2.72. The van der Waals surface area contributed by atoms with E-state index in [1.54, 1.807) is 7.11 Å². The number of hydrogen-bond donors (Lipinski definition) is 2. The second kappa shape index (κ2) is 8.04. The van der Waals surface area contributed by atoms with E-state index in [9.17, 15) is 14.7 Å². The number of methoxy groups -OCH3 is 1. The van der Waals surface area contributed by atoms with Gasteiger partial charge in [-0.3, -0.25) is 4.79 Å². The number of carboxylic acids is 1. The summed E-state index contributed by atoms with van der Waals surface area (Å²) in [6.07, 6.45) is 5.11. The lowest BCUT2D eigenvalue weighted by atomic mass is 9.63. The number of carboxylic acid groups (broad SMARTS) is 1. The Morgan fingerprint density at radius 3 is 2.71 bits per heavy atom. The molecular weight excluding hydrogens is 398 g/mol. The maximum absolute atomic E-state index is 12.6. The first-order valence-corrected chi connectivity index (χ1v) is 10.7. The van der Waals surface area contributed by atoms with E-state index in [1.165, 1.54) is 12.3 Å². The normalized spacial score (nSPS) is 20.9. The highest BCUT2D eigenvalue weighted by molar-refractivity contribution is 5.88. The molecule has 0 unspecified atom stereocenters. The number of fused-ring (bicyclic) bond motifs is 6. The zero-order chi connectivity index (χ0) is 22.3. The van der Waals surface area contributed by atoms with Crippen molar-refractivity contribution in [3.63, 3.8) is 0 Å². The molecule has 1 aliphatic carbocycles. The Morgan fingerprint density at radius 1 is 1.26 bits per heavy atom. The number of aromatic carboxylic acids is 1. The van der Waals surface area contributed by atoms with Gasteiger partial charge < -0.3 is 24.3 Å². The number of pyridine rings is 1. The van der Waals surface area contributed by atoms with Crippen molar-refractivity contribution >= 4 is 5.97 Å². The summed E-state index contributed by atoms with van der Waals surface area (Å²) < 4.78 is 13.5. The number of hydrogen-bond acceptors (Lipinski definition) is 5. The summed E-state index contributed by atoms with van der Waals surface area (Å²) in [6.45, 7) is 4.84. The van der Waals surface area contributed by atoms with Crippen LogP contribution in [-0.4, -0.2) is 41.1 Å². The number of aliphatic hydroxyl groups is 1. The van der Waals surface area contributed by atoms with Gasteiger partial charge in [0, 0.05) is 42.8 Å². The van der Waals surface area contributed by atoms with Crippen molar-refractivity contribution in [3.05, 3.63) is 45.7 Å². The molecule has 0 radical (unpaired) electrons. The van der Waals surface area contributed by atoms with Crippen LogP contribution in [0, 0.1) is 5.41 Å². The summed E-state index contributed by atoms with van der Waals surface area (Å²) in [5.74, 6) is 0.129. The number of rotatable bonds is 6. The number of benzene rings is 1. The third-order valence-corrected chi connectivity index (χ3v) is 6.70. The first-order chi connectivity index (χ1) is 14.8. The van der Waals surface area contributed by atoms with Crippen molar-refractivity contribution in [1.29, 1.82) is 0 Å². The molecule has 2 N–H and O–H groups in total. The molecule has 0 saturated heterocycles. The van der Waals surface area contributed by atoms with Crippen LogP contribution in [0.3, 0.4) is 0 Å². The number of ether oxygens (including phenoxy) is 2. The van der Waals surface area contributed by atoms with Crippen LogP contribution in [-0.2, 0) is 0 Å². The molecule has 1 aliphatic heterocycles. The van der Waals surface area contributed by atoms with Gasteiger partial charge in [0.2, 0.25) is 0 Å². The molecule has 0 amide bonds. The molecular formula is C24H29NO6. The van der Waals surface area contributed by atoms with Gasteiger partial charge in [-0.1, -0.05) is 20.3 Å². The number of aromatic nitrogens is 1. The maximum Gasteiger partial charge on any atom is 0.341 e. The van der Waals surface area contributed by atoms with E-state index < -0.39 is 11.4 Å². The number of aliphatic hydroxyl groups excluding tert-OH is 1. The van der Waals surface area contributed by atoms with Gasteiger partial charge in [-0.25, -0.2) is 4.79 Å². The van der Waals surface area contributed by atoms with Crippen molar-refractivity contribution in [2.24, 2.45) is 5.41 Å². The van der Waals surface area contributed by atoms with E-state index in [0.29, 0.717) is 30.2 Å². The smallest absolute Gasteiger partial charge is 0.341 e. The van der Waals surface area contributed by atoms with Crippen LogP contribution in [0.5, 0.6) is 11.5 Å². The predicted octanol–water partition coefficient (Wildman–Crippen LogP) is 3.83. The third kappa shape index (κ3) is 3.61. The highest BCUT2D eigenvalue weighted by Crippen LogP contribution is 2.57. The van der Waals surface area contributed by atoms with Crippen molar-refractivity contribution in [1.82, 2.24) is 4.57 Å². The third-order valence-electron chi connectivity index (χ3n) is 6.70. The van der Waals surface area contributed by atoms with E-state index in [2.05, 4.69) is 13.8 Å². The van der Waals surface area contributed by atoms with Crippen LogP contribution in [0.15, 0.2) is 29.2 Å². The zero-order valence-electron chi connectivity index (χ0n) is 18.2. The molecule has 2 heterocycles. The first-order valence-electron chi connectivity index (χ1n) is 10.7. The van der Waals surface area contributed by atoms with Crippen LogP contribution in [0.2, 0.25) is 0 Å². The molecule has 7 nitrogen and oxygen atoms in total. The Hall–Kier alpha value is -2.80. The molecule has 1 aromatic carbocycles. The molecule has 31 heavy (non-hydrogen) atoms. The minimum absolute atomic E-state index is 0.0288. The second-order valence-electron chi connectivity index (χ2n) is 9.10. The van der Waals surface area contributed by atoms with Crippen molar-refractivity contribution < 1.29 is 24.5 Å². The minimum Gasteiger partial charge on any atom is -0.493 e. The highest BCUT2D eigenvalue weighted by Gasteiger charge is 2.45. The molecule has 2 atom stereocenters. The summed E-state index contributed by atoms with van der Waals surface area (Å²) in [5, 5.41) is 18.6. The Bertz CT molecular complexity index is 1070. The van der Waals surface area contributed by atoms with Gasteiger partial charge in [-0.05, 0) is 36.0 Å². The first kappa shape index (κ1) is 21.4. The summed E-state index contributed by atoms with van der Waals surface area (Å²) in [4.78, 5) is 24.3. The van der Waals surface area contributed by atoms with Crippen LogP contribution in [0.1, 0.15) is 67.4 Å². The fourth-order valence-electron chi connectivity index (χ4n) is 5.30. The van der Waals surface area contributed by atoms with Gasteiger partial charge in [0.1, 0.15) is 5.56 Å². The zero-order valence-corrected chi connectivity index (χ0v) is 18.2. The monoisotopic (exact) mass is 427 g/mol. The molecule has 0 spiro atoms. The van der Waals surface area contributed by atoms with E-state index in [1.807, 2.05) is 16.7 Å². The van der Waals surface area contributed by atoms with E-state index in [4.69, 9.17) is 14.6 Å². The van der Waals surface area contributed by atoms with Crippen LogP contribution < -0.4 is 14.9 Å². The molecule has 7 heteroatoms. The van der Waals surface area contributed by atoms with Crippen LogP contribution in [0.4, 0.5) is 0 Å². The summed E-state index contributed by atoms with van der Waals surface area (Å²) >= 11 is 0. The fourth-order valence-corrected chi connectivity index (χ4v) is 5.30. The lowest BCUT2D eigenvalue weighted by molar-refractivity contribution is 0.0691. The SMILES string of the molecule is COc1cc2c(cc1OCCCO)[C@@H]1CCCC(C)(C)[C@@H]1n1cc(C(=O)O)c(=O)cc1-2. The van der Waals surface area contributed by atoms with Gasteiger partial charge in [0.15, 0.2) is 16.9 Å². The Kier molecular flexibility index (Phi) is 5.56. The molecule has 4 rings (SSSR count). The standard InChI is InChI=1S/C24H29NO6/c1-24(2)7-4-6-14-15-10-21(31-9-5-8-26)20(30-3)11-16(15)18-12-19(27)17(23(28)29)13-25(18)22(14)24/h10-14,22,26H,4-9H2,1-3H3,(H,28,29)/t14-,22+/m0/s1. The van der Waals surface area contributed by atoms with Gasteiger partial charge >= 0.3 is 5.97 Å². The number of nitrogens with zero attached hydrogens (tertiary/aromatic N) is 1. The molecule has 1 saturated carbocycles. The summed E-state index contributed by atoms with van der Waals surface area (Å²) in [5.41, 5.74) is 1.90.